The van der Waals surface area contributed by atoms with Crippen LogP contribution in [0.15, 0.2) is 36.5 Å². The number of halogens is 2. The summed E-state index contributed by atoms with van der Waals surface area (Å²) in [4.78, 5) is 0. The average Bonchev–Trinajstić information content (AvgIpc) is 2.67. The van der Waals surface area contributed by atoms with E-state index in [9.17, 15) is 4.39 Å². The summed E-state index contributed by atoms with van der Waals surface area (Å²) in [7, 11) is 0. The van der Waals surface area contributed by atoms with Crippen LogP contribution >= 0.6 is 11.6 Å². The lowest BCUT2D eigenvalue weighted by molar-refractivity contribution is 0.610. The van der Waals surface area contributed by atoms with E-state index >= 15 is 0 Å². The van der Waals surface area contributed by atoms with Gasteiger partial charge < -0.3 is 0 Å². The Morgan fingerprint density at radius 2 is 2.07 bits per heavy atom. The summed E-state index contributed by atoms with van der Waals surface area (Å²) in [5.41, 5.74) is 1.17. The number of nitrogens with zero attached hydrogens (tertiary/aromatic N) is 2. The van der Waals surface area contributed by atoms with Crippen molar-refractivity contribution in [2.75, 3.05) is 0 Å². The highest BCUT2D eigenvalue weighted by molar-refractivity contribution is 6.16. The number of benzene rings is 1. The Kier molecular flexibility index (Phi) is 2.50. The fourth-order valence-electron chi connectivity index (χ4n) is 1.20. The fourth-order valence-corrected chi connectivity index (χ4v) is 1.35. The van der Waals surface area contributed by atoms with Crippen LogP contribution in [0, 0.1) is 5.82 Å². The van der Waals surface area contributed by atoms with Crippen LogP contribution < -0.4 is 0 Å². The quantitative estimate of drug-likeness (QED) is 0.697. The molecule has 1 aromatic heterocycles. The molecule has 1 heterocycles. The summed E-state index contributed by atoms with van der Waals surface area (Å²) in [6.07, 6.45) is 1.69. The molecule has 0 spiro atoms. The minimum Gasteiger partial charge on any atom is -0.238 e. The Labute approximate surface area is 85.9 Å². The smallest absolute Gasteiger partial charge is 0.148 e. The molecular formula is C10H8ClFN2. The van der Waals surface area contributed by atoms with Crippen molar-refractivity contribution in [1.29, 1.82) is 0 Å². The highest BCUT2D eigenvalue weighted by Gasteiger charge is 2.04. The molecule has 0 amide bonds. The van der Waals surface area contributed by atoms with Gasteiger partial charge in [-0.3, -0.25) is 0 Å². The Morgan fingerprint density at radius 1 is 1.29 bits per heavy atom. The van der Waals surface area contributed by atoms with E-state index in [1.54, 1.807) is 30.5 Å². The van der Waals surface area contributed by atoms with Crippen molar-refractivity contribution in [1.82, 2.24) is 9.78 Å². The number of rotatable bonds is 2. The lowest BCUT2D eigenvalue weighted by Gasteiger charge is -2.01. The number of alkyl halides is 1. The predicted molar refractivity (Wildman–Crippen MR) is 53.1 cm³/mol. The Hall–Kier alpha value is -1.35. The molecule has 0 radical (unpaired) electrons. The van der Waals surface area contributed by atoms with Gasteiger partial charge in [0.05, 0.1) is 11.6 Å². The first-order valence-corrected chi connectivity index (χ1v) is 4.70. The first-order valence-electron chi connectivity index (χ1n) is 4.16. The van der Waals surface area contributed by atoms with Crippen molar-refractivity contribution >= 4 is 11.6 Å². The SMILES string of the molecule is Fc1ccccc1-n1ccc(CCl)n1. The maximum absolute atomic E-state index is 13.3. The molecule has 1 aromatic carbocycles. The van der Waals surface area contributed by atoms with E-state index in [-0.39, 0.29) is 5.82 Å². The lowest BCUT2D eigenvalue weighted by Crippen LogP contribution is -1.98. The van der Waals surface area contributed by atoms with Gasteiger partial charge in [0.1, 0.15) is 11.5 Å². The minimum absolute atomic E-state index is 0.295. The molecular weight excluding hydrogens is 203 g/mol. The molecule has 72 valence electrons. The van der Waals surface area contributed by atoms with Crippen molar-refractivity contribution in [3.05, 3.63) is 48.0 Å². The van der Waals surface area contributed by atoms with Crippen molar-refractivity contribution in [2.24, 2.45) is 0 Å². The van der Waals surface area contributed by atoms with Gasteiger partial charge in [-0.1, -0.05) is 12.1 Å². The van der Waals surface area contributed by atoms with Crippen LogP contribution in [0.25, 0.3) is 5.69 Å². The standard InChI is InChI=1S/C10H8ClFN2/c11-7-8-5-6-14(13-8)10-4-2-1-3-9(10)12/h1-6H,7H2. The van der Waals surface area contributed by atoms with Crippen LogP contribution in [-0.4, -0.2) is 9.78 Å². The van der Waals surface area contributed by atoms with Crippen LogP contribution in [0.2, 0.25) is 0 Å². The molecule has 0 unspecified atom stereocenters. The van der Waals surface area contributed by atoms with Gasteiger partial charge in [-0.15, -0.1) is 11.6 Å². The first-order chi connectivity index (χ1) is 6.81. The second-order valence-electron chi connectivity index (χ2n) is 2.84. The third-order valence-electron chi connectivity index (χ3n) is 1.88. The van der Waals surface area contributed by atoms with E-state index in [1.807, 2.05) is 0 Å². The van der Waals surface area contributed by atoms with Crippen LogP contribution in [0.5, 0.6) is 0 Å². The van der Waals surface area contributed by atoms with Gasteiger partial charge in [0.25, 0.3) is 0 Å². The lowest BCUT2D eigenvalue weighted by atomic mass is 10.3. The fraction of sp³-hybridized carbons (Fsp3) is 0.100. The highest BCUT2D eigenvalue weighted by Crippen LogP contribution is 2.12. The topological polar surface area (TPSA) is 17.8 Å². The maximum Gasteiger partial charge on any atom is 0.148 e. The van der Waals surface area contributed by atoms with Gasteiger partial charge in [0.2, 0.25) is 0 Å². The summed E-state index contributed by atoms with van der Waals surface area (Å²) in [6, 6.07) is 8.24. The molecule has 0 saturated heterocycles. The normalized spacial score (nSPS) is 10.4. The molecule has 0 fully saturated rings. The molecule has 2 aromatic rings. The van der Waals surface area contributed by atoms with Crippen LogP contribution in [0.3, 0.4) is 0 Å². The van der Waals surface area contributed by atoms with Crippen molar-refractivity contribution < 1.29 is 4.39 Å². The molecule has 2 rings (SSSR count). The number of aromatic nitrogens is 2. The van der Waals surface area contributed by atoms with Crippen molar-refractivity contribution in [3.8, 4) is 5.69 Å². The summed E-state index contributed by atoms with van der Waals surface area (Å²) < 4.78 is 14.8. The van der Waals surface area contributed by atoms with E-state index in [0.717, 1.165) is 5.69 Å². The zero-order chi connectivity index (χ0) is 9.97. The molecule has 0 bridgehead atoms. The zero-order valence-electron chi connectivity index (χ0n) is 7.32. The molecule has 0 N–H and O–H groups in total. The molecule has 0 saturated carbocycles. The van der Waals surface area contributed by atoms with Crippen molar-refractivity contribution in [2.45, 2.75) is 5.88 Å². The van der Waals surface area contributed by atoms with Crippen LogP contribution in [0.1, 0.15) is 5.69 Å². The monoisotopic (exact) mass is 210 g/mol. The van der Waals surface area contributed by atoms with Gasteiger partial charge in [0, 0.05) is 6.20 Å². The summed E-state index contributed by atoms with van der Waals surface area (Å²) in [6.45, 7) is 0. The molecule has 2 nitrogen and oxygen atoms in total. The third kappa shape index (κ3) is 1.63. The predicted octanol–water partition coefficient (Wildman–Crippen LogP) is 2.75. The van der Waals surface area contributed by atoms with E-state index in [4.69, 9.17) is 11.6 Å². The number of hydrogen-bond donors (Lipinski definition) is 0. The summed E-state index contributed by atoms with van der Waals surface area (Å²) in [5, 5.41) is 4.10. The number of para-hydroxylation sites is 1. The van der Waals surface area contributed by atoms with Gasteiger partial charge >= 0.3 is 0 Å². The average molecular weight is 211 g/mol. The Morgan fingerprint density at radius 3 is 2.71 bits per heavy atom. The molecule has 0 aliphatic heterocycles. The molecule has 0 aliphatic carbocycles. The zero-order valence-corrected chi connectivity index (χ0v) is 8.08. The van der Waals surface area contributed by atoms with Gasteiger partial charge in [-0.05, 0) is 18.2 Å². The van der Waals surface area contributed by atoms with Crippen molar-refractivity contribution in [3.63, 3.8) is 0 Å². The van der Waals surface area contributed by atoms with Gasteiger partial charge in [-0.2, -0.15) is 5.10 Å². The summed E-state index contributed by atoms with van der Waals surface area (Å²) in [5.74, 6) is 0.0401. The maximum atomic E-state index is 13.3. The van der Waals surface area contributed by atoms with Gasteiger partial charge in [0.15, 0.2) is 0 Å². The summed E-state index contributed by atoms with van der Waals surface area (Å²) >= 11 is 5.60. The second kappa shape index (κ2) is 3.80. The molecule has 4 heteroatoms. The van der Waals surface area contributed by atoms with Crippen LogP contribution in [0.4, 0.5) is 4.39 Å². The molecule has 14 heavy (non-hydrogen) atoms. The first kappa shape index (κ1) is 9.21. The Bertz CT molecular complexity index is 439. The second-order valence-corrected chi connectivity index (χ2v) is 3.10. The molecule has 0 aliphatic rings. The molecule has 0 atom stereocenters. The van der Waals surface area contributed by atoms with E-state index in [2.05, 4.69) is 5.10 Å². The Balaban J connectivity index is 2.44. The largest absolute Gasteiger partial charge is 0.238 e. The van der Waals surface area contributed by atoms with E-state index < -0.39 is 0 Å². The number of hydrogen-bond acceptors (Lipinski definition) is 1. The van der Waals surface area contributed by atoms with E-state index in [0.29, 0.717) is 11.6 Å². The minimum atomic E-state index is -0.295. The van der Waals surface area contributed by atoms with E-state index in [1.165, 1.54) is 10.7 Å². The third-order valence-corrected chi connectivity index (χ3v) is 2.15. The van der Waals surface area contributed by atoms with Crippen LogP contribution in [-0.2, 0) is 5.88 Å². The highest BCUT2D eigenvalue weighted by atomic mass is 35.5. The van der Waals surface area contributed by atoms with Gasteiger partial charge in [-0.25, -0.2) is 9.07 Å².